The first-order valence-corrected chi connectivity index (χ1v) is 10.9. The molecule has 3 N–H and O–H groups in total. The van der Waals surface area contributed by atoms with Crippen molar-refractivity contribution >= 4 is 5.91 Å². The summed E-state index contributed by atoms with van der Waals surface area (Å²) in [6, 6.07) is 10.2. The number of amides is 1. The molecule has 0 aromatic heterocycles. The molecule has 1 aromatic carbocycles. The summed E-state index contributed by atoms with van der Waals surface area (Å²) in [4.78, 5) is 11.4. The van der Waals surface area contributed by atoms with Crippen LogP contribution in [0.3, 0.4) is 0 Å². The third-order valence-corrected chi connectivity index (χ3v) is 5.36. The molecule has 158 valence electrons. The Labute approximate surface area is 175 Å². The zero-order valence-electron chi connectivity index (χ0n) is 17.5. The maximum absolute atomic E-state index is 11.4. The Bertz CT molecular complexity index is 704. The maximum atomic E-state index is 11.4. The van der Waals surface area contributed by atoms with E-state index in [9.17, 15) is 15.0 Å². The molecule has 1 aliphatic carbocycles. The molecule has 3 atom stereocenters. The molecule has 0 bridgehead atoms. The number of nitrogens with one attached hydrogen (secondary N) is 1. The van der Waals surface area contributed by atoms with Crippen molar-refractivity contribution in [2.45, 2.75) is 70.5 Å². The van der Waals surface area contributed by atoms with Crippen molar-refractivity contribution in [3.63, 3.8) is 0 Å². The molecule has 4 nitrogen and oxygen atoms in total. The summed E-state index contributed by atoms with van der Waals surface area (Å²) < 4.78 is 0. The van der Waals surface area contributed by atoms with Crippen LogP contribution in [0.1, 0.15) is 57.4 Å². The second-order valence-electron chi connectivity index (χ2n) is 7.69. The number of unbranched alkanes of at least 4 members (excludes halogenated alkanes) is 1. The van der Waals surface area contributed by atoms with Crippen molar-refractivity contribution in [3.8, 4) is 0 Å². The van der Waals surface area contributed by atoms with Gasteiger partial charge in [-0.1, -0.05) is 42.5 Å². The van der Waals surface area contributed by atoms with E-state index < -0.39 is 6.10 Å². The molecular formula is C25H35NO3. The topological polar surface area (TPSA) is 69.6 Å². The summed E-state index contributed by atoms with van der Waals surface area (Å²) in [5, 5.41) is 23.3. The van der Waals surface area contributed by atoms with Crippen LogP contribution in [0.5, 0.6) is 0 Å². The number of hydrogen-bond acceptors (Lipinski definition) is 3. The van der Waals surface area contributed by atoms with Crippen LogP contribution in [-0.2, 0) is 11.2 Å². The molecule has 2 rings (SSSR count). The molecule has 0 unspecified atom stereocenters. The van der Waals surface area contributed by atoms with Gasteiger partial charge in [-0.3, -0.25) is 4.79 Å². The summed E-state index contributed by atoms with van der Waals surface area (Å²) in [6.45, 7) is 2.60. The number of aliphatic hydroxyl groups is 2. The Hall–Kier alpha value is -2.13. The number of hydrogen-bond donors (Lipinski definition) is 3. The number of rotatable bonds is 11. The van der Waals surface area contributed by atoms with Crippen molar-refractivity contribution in [2.75, 3.05) is 6.54 Å². The van der Waals surface area contributed by atoms with E-state index >= 15 is 0 Å². The Morgan fingerprint density at radius 3 is 2.86 bits per heavy atom. The molecule has 1 aliphatic rings. The number of carbonyl (C=O) groups is 1. The quantitative estimate of drug-likeness (QED) is 0.299. The van der Waals surface area contributed by atoms with Crippen molar-refractivity contribution in [1.29, 1.82) is 0 Å². The first-order chi connectivity index (χ1) is 14.1. The maximum Gasteiger partial charge on any atom is 0.219 e. The minimum Gasteiger partial charge on any atom is -0.392 e. The highest BCUT2D eigenvalue weighted by Gasteiger charge is 2.28. The molecule has 0 heterocycles. The molecule has 1 fully saturated rings. The SMILES string of the molecule is CCNC(=O)CCC/C=C\C[C@@H]1C(=C=C[C@@H](O)CCc2ccccc2)CC[C@@H]1O. The highest BCUT2D eigenvalue weighted by molar-refractivity contribution is 5.75. The molecular weight excluding hydrogens is 362 g/mol. The van der Waals surface area contributed by atoms with Crippen molar-refractivity contribution in [3.05, 3.63) is 65.4 Å². The molecule has 1 saturated carbocycles. The predicted octanol–water partition coefficient (Wildman–Crippen LogP) is 4.09. The van der Waals surface area contributed by atoms with Gasteiger partial charge in [0.05, 0.1) is 12.2 Å². The lowest BCUT2D eigenvalue weighted by Gasteiger charge is -2.12. The highest BCUT2D eigenvalue weighted by Crippen LogP contribution is 2.33. The molecule has 1 aromatic rings. The van der Waals surface area contributed by atoms with E-state index in [4.69, 9.17) is 0 Å². The van der Waals surface area contributed by atoms with Crippen LogP contribution in [0.25, 0.3) is 0 Å². The van der Waals surface area contributed by atoms with Gasteiger partial charge in [0.15, 0.2) is 0 Å². The molecule has 4 heteroatoms. The summed E-state index contributed by atoms with van der Waals surface area (Å²) >= 11 is 0. The van der Waals surface area contributed by atoms with Crippen molar-refractivity contribution in [2.24, 2.45) is 5.92 Å². The van der Waals surface area contributed by atoms with Gasteiger partial charge in [0, 0.05) is 18.9 Å². The van der Waals surface area contributed by atoms with Crippen LogP contribution < -0.4 is 5.32 Å². The smallest absolute Gasteiger partial charge is 0.219 e. The molecule has 0 saturated heterocycles. The highest BCUT2D eigenvalue weighted by atomic mass is 16.3. The van der Waals surface area contributed by atoms with E-state index in [1.807, 2.05) is 25.1 Å². The normalized spacial score (nSPS) is 19.9. The number of aryl methyl sites for hydroxylation is 1. The monoisotopic (exact) mass is 397 g/mol. The van der Waals surface area contributed by atoms with Gasteiger partial charge in [0.2, 0.25) is 5.91 Å². The van der Waals surface area contributed by atoms with Crippen LogP contribution in [0, 0.1) is 5.92 Å². The van der Waals surface area contributed by atoms with E-state index in [0.29, 0.717) is 19.4 Å². The van der Waals surface area contributed by atoms with Crippen LogP contribution in [0.2, 0.25) is 0 Å². The Balaban J connectivity index is 1.78. The summed E-state index contributed by atoms with van der Waals surface area (Å²) in [6.07, 6.45) is 11.2. The van der Waals surface area contributed by atoms with Gasteiger partial charge in [-0.15, -0.1) is 5.73 Å². The molecule has 29 heavy (non-hydrogen) atoms. The lowest BCUT2D eigenvalue weighted by molar-refractivity contribution is -0.121. The van der Waals surface area contributed by atoms with E-state index in [1.165, 1.54) is 5.56 Å². The number of aliphatic hydroxyl groups excluding tert-OH is 2. The third-order valence-electron chi connectivity index (χ3n) is 5.36. The average Bonchev–Trinajstić information content (AvgIpc) is 3.08. The van der Waals surface area contributed by atoms with Crippen LogP contribution in [0.15, 0.2) is 59.9 Å². The molecule has 0 radical (unpaired) electrons. The second kappa shape index (κ2) is 13.2. The lowest BCUT2D eigenvalue weighted by Crippen LogP contribution is -2.21. The van der Waals surface area contributed by atoms with Gasteiger partial charge < -0.3 is 15.5 Å². The fourth-order valence-electron chi connectivity index (χ4n) is 3.67. The number of carbonyl (C=O) groups excluding carboxylic acids is 1. The van der Waals surface area contributed by atoms with Gasteiger partial charge in [-0.2, -0.15) is 0 Å². The zero-order chi connectivity index (χ0) is 20.9. The second-order valence-corrected chi connectivity index (χ2v) is 7.69. The third kappa shape index (κ3) is 8.82. The Morgan fingerprint density at radius 1 is 1.31 bits per heavy atom. The van der Waals surface area contributed by atoms with Gasteiger partial charge in [-0.05, 0) is 69.1 Å². The van der Waals surface area contributed by atoms with E-state index in [2.05, 4.69) is 35.3 Å². The van der Waals surface area contributed by atoms with Crippen molar-refractivity contribution in [1.82, 2.24) is 5.32 Å². The van der Waals surface area contributed by atoms with Crippen molar-refractivity contribution < 1.29 is 15.0 Å². The standard InChI is InChI=1S/C25H35NO3/c1-2-26-25(29)13-9-4-3-8-12-23-21(16-19-24(23)28)15-18-22(27)17-14-20-10-6-5-7-11-20/h3,5-8,10-11,18,22-24,27-28H,2,4,9,12-14,16-17,19H2,1H3,(H,26,29)/b8-3-/t15?,22-,23+,24-/m0/s1. The van der Waals surface area contributed by atoms with Crippen LogP contribution in [-0.4, -0.2) is 34.9 Å². The average molecular weight is 398 g/mol. The predicted molar refractivity (Wildman–Crippen MR) is 117 cm³/mol. The van der Waals surface area contributed by atoms with Crippen LogP contribution in [0.4, 0.5) is 0 Å². The lowest BCUT2D eigenvalue weighted by atomic mass is 9.96. The summed E-state index contributed by atoms with van der Waals surface area (Å²) in [5.41, 5.74) is 5.60. The number of allylic oxidation sites excluding steroid dienone is 2. The van der Waals surface area contributed by atoms with E-state index in [1.54, 1.807) is 6.08 Å². The first-order valence-electron chi connectivity index (χ1n) is 10.9. The van der Waals surface area contributed by atoms with Gasteiger partial charge in [0.1, 0.15) is 0 Å². The minimum absolute atomic E-state index is 0.0761. The molecule has 1 amide bonds. The minimum atomic E-state index is -0.522. The summed E-state index contributed by atoms with van der Waals surface area (Å²) in [7, 11) is 0. The van der Waals surface area contributed by atoms with Gasteiger partial charge in [-0.25, -0.2) is 0 Å². The molecule has 0 spiro atoms. The van der Waals surface area contributed by atoms with Crippen LogP contribution >= 0.6 is 0 Å². The molecule has 0 aliphatic heterocycles. The fraction of sp³-hybridized carbons (Fsp3) is 0.520. The zero-order valence-corrected chi connectivity index (χ0v) is 17.5. The number of benzene rings is 1. The fourth-order valence-corrected chi connectivity index (χ4v) is 3.67. The Morgan fingerprint density at radius 2 is 2.10 bits per heavy atom. The van der Waals surface area contributed by atoms with Gasteiger partial charge in [0.25, 0.3) is 0 Å². The van der Waals surface area contributed by atoms with E-state index in [0.717, 1.165) is 44.1 Å². The largest absolute Gasteiger partial charge is 0.392 e. The summed E-state index contributed by atoms with van der Waals surface area (Å²) in [5.74, 6) is 0.181. The Kier molecular flexibility index (Phi) is 10.5. The first kappa shape index (κ1) is 23.2. The van der Waals surface area contributed by atoms with Gasteiger partial charge >= 0.3 is 0 Å². The van der Waals surface area contributed by atoms with E-state index in [-0.39, 0.29) is 17.9 Å².